The molecule has 0 bridgehead atoms. The van der Waals surface area contributed by atoms with E-state index >= 15 is 0 Å². The Hall–Kier alpha value is -1.55. The minimum atomic E-state index is -3.82. The summed E-state index contributed by atoms with van der Waals surface area (Å²) < 4.78 is 38.0. The highest BCUT2D eigenvalue weighted by molar-refractivity contribution is 7.89. The second kappa shape index (κ2) is 10.6. The SMILES string of the molecule is CCOc1ccc(S(=O)(=O)NCC(=O)NC2CCNC2)cc1OCC.Cl. The molecular weight excluding hydrogens is 382 g/mol. The number of rotatable bonds is 9. The summed E-state index contributed by atoms with van der Waals surface area (Å²) in [6.07, 6.45) is 0.842. The van der Waals surface area contributed by atoms with Gasteiger partial charge in [-0.3, -0.25) is 4.79 Å². The molecule has 1 fully saturated rings. The van der Waals surface area contributed by atoms with E-state index in [4.69, 9.17) is 9.47 Å². The highest BCUT2D eigenvalue weighted by Crippen LogP contribution is 2.30. The van der Waals surface area contributed by atoms with Crippen molar-refractivity contribution in [2.75, 3.05) is 32.8 Å². The summed E-state index contributed by atoms with van der Waals surface area (Å²) in [4.78, 5) is 11.9. The van der Waals surface area contributed by atoms with E-state index in [0.717, 1.165) is 13.0 Å². The average molecular weight is 408 g/mol. The number of hydrogen-bond acceptors (Lipinski definition) is 6. The Morgan fingerprint density at radius 3 is 2.54 bits per heavy atom. The van der Waals surface area contributed by atoms with Crippen molar-refractivity contribution in [1.82, 2.24) is 15.4 Å². The molecule has 3 N–H and O–H groups in total. The van der Waals surface area contributed by atoms with Crippen LogP contribution >= 0.6 is 12.4 Å². The molecule has 26 heavy (non-hydrogen) atoms. The van der Waals surface area contributed by atoms with E-state index in [1.54, 1.807) is 13.0 Å². The molecule has 1 aromatic rings. The molecule has 1 aliphatic heterocycles. The first-order valence-electron chi connectivity index (χ1n) is 8.35. The molecule has 0 aromatic heterocycles. The summed E-state index contributed by atoms with van der Waals surface area (Å²) in [7, 11) is -3.82. The molecule has 1 amide bonds. The molecule has 1 atom stereocenters. The maximum absolute atomic E-state index is 12.4. The first kappa shape index (κ1) is 22.5. The molecule has 1 unspecified atom stereocenters. The molecule has 2 rings (SSSR count). The Bertz CT molecular complexity index is 693. The number of amides is 1. The van der Waals surface area contributed by atoms with Crippen molar-refractivity contribution in [3.05, 3.63) is 18.2 Å². The van der Waals surface area contributed by atoms with Gasteiger partial charge in [-0.25, -0.2) is 13.1 Å². The summed E-state index contributed by atoms with van der Waals surface area (Å²) >= 11 is 0. The van der Waals surface area contributed by atoms with Crippen molar-refractivity contribution in [2.45, 2.75) is 31.2 Å². The van der Waals surface area contributed by atoms with Crippen molar-refractivity contribution in [1.29, 1.82) is 0 Å². The van der Waals surface area contributed by atoms with E-state index < -0.39 is 10.0 Å². The van der Waals surface area contributed by atoms with Crippen molar-refractivity contribution < 1.29 is 22.7 Å². The zero-order chi connectivity index (χ0) is 18.3. The third kappa shape index (κ3) is 6.31. The first-order valence-corrected chi connectivity index (χ1v) is 9.84. The van der Waals surface area contributed by atoms with Crippen molar-refractivity contribution >= 4 is 28.3 Å². The minimum Gasteiger partial charge on any atom is -0.490 e. The molecule has 0 spiro atoms. The van der Waals surface area contributed by atoms with Gasteiger partial charge < -0.3 is 20.1 Å². The van der Waals surface area contributed by atoms with Crippen molar-refractivity contribution in [2.24, 2.45) is 0 Å². The van der Waals surface area contributed by atoms with Crippen LogP contribution in [-0.4, -0.2) is 53.2 Å². The summed E-state index contributed by atoms with van der Waals surface area (Å²) in [6, 6.07) is 4.42. The lowest BCUT2D eigenvalue weighted by atomic mass is 10.2. The smallest absolute Gasteiger partial charge is 0.241 e. The van der Waals surface area contributed by atoms with Crippen LogP contribution in [0.2, 0.25) is 0 Å². The van der Waals surface area contributed by atoms with Crippen molar-refractivity contribution in [3.8, 4) is 11.5 Å². The van der Waals surface area contributed by atoms with Crippen LogP contribution in [0.15, 0.2) is 23.1 Å². The Kier molecular flexibility index (Phi) is 9.14. The lowest BCUT2D eigenvalue weighted by Gasteiger charge is -2.14. The second-order valence-corrected chi connectivity index (χ2v) is 7.32. The molecular formula is C16H26ClN3O5S. The maximum Gasteiger partial charge on any atom is 0.241 e. The van der Waals surface area contributed by atoms with E-state index in [2.05, 4.69) is 15.4 Å². The number of benzene rings is 1. The van der Waals surface area contributed by atoms with Crippen molar-refractivity contribution in [3.63, 3.8) is 0 Å². The number of carbonyl (C=O) groups excluding carboxylic acids is 1. The summed E-state index contributed by atoms with van der Waals surface area (Å²) in [6.45, 7) is 5.71. The molecule has 1 aromatic carbocycles. The Labute approximate surface area is 160 Å². The van der Waals surface area contributed by atoms with Gasteiger partial charge in [-0.05, 0) is 38.9 Å². The second-order valence-electron chi connectivity index (χ2n) is 5.56. The van der Waals surface area contributed by atoms with Crippen LogP contribution in [0.25, 0.3) is 0 Å². The summed E-state index contributed by atoms with van der Waals surface area (Å²) in [5.41, 5.74) is 0. The Morgan fingerprint density at radius 1 is 1.23 bits per heavy atom. The van der Waals surface area contributed by atoms with Gasteiger partial charge in [0.05, 0.1) is 24.7 Å². The van der Waals surface area contributed by atoms with Gasteiger partial charge in [-0.2, -0.15) is 0 Å². The van der Waals surface area contributed by atoms with Crippen LogP contribution < -0.4 is 24.8 Å². The molecule has 8 nitrogen and oxygen atoms in total. The predicted octanol–water partition coefficient (Wildman–Crippen LogP) is 0.662. The largest absolute Gasteiger partial charge is 0.490 e. The van der Waals surface area contributed by atoms with Gasteiger partial charge in [0, 0.05) is 18.7 Å². The first-order chi connectivity index (χ1) is 12.0. The normalized spacial score (nSPS) is 16.6. The molecule has 0 aliphatic carbocycles. The van der Waals surface area contributed by atoms with Gasteiger partial charge in [0.1, 0.15) is 0 Å². The topological polar surface area (TPSA) is 106 Å². The fraction of sp³-hybridized carbons (Fsp3) is 0.562. The van der Waals surface area contributed by atoms with Crippen LogP contribution in [0, 0.1) is 0 Å². The zero-order valence-corrected chi connectivity index (χ0v) is 16.5. The zero-order valence-electron chi connectivity index (χ0n) is 14.9. The van der Waals surface area contributed by atoms with Crippen LogP contribution in [0.4, 0.5) is 0 Å². The third-order valence-corrected chi connectivity index (χ3v) is 5.07. The number of ether oxygens (including phenoxy) is 2. The van der Waals surface area contributed by atoms with E-state index in [0.29, 0.717) is 31.3 Å². The van der Waals surface area contributed by atoms with E-state index in [1.165, 1.54) is 12.1 Å². The summed E-state index contributed by atoms with van der Waals surface area (Å²) in [5.74, 6) is 0.483. The standard InChI is InChI=1S/C16H25N3O5S.ClH/c1-3-23-14-6-5-13(9-15(14)24-4-2)25(21,22)18-11-16(20)19-12-7-8-17-10-12;/h5-6,9,12,17-18H,3-4,7-8,10-11H2,1-2H3,(H,19,20);1H. The molecule has 1 saturated heterocycles. The fourth-order valence-electron chi connectivity index (χ4n) is 2.50. The number of nitrogens with one attached hydrogen (secondary N) is 3. The molecule has 1 heterocycles. The maximum atomic E-state index is 12.4. The molecule has 1 aliphatic rings. The lowest BCUT2D eigenvalue weighted by Crippen LogP contribution is -2.42. The highest BCUT2D eigenvalue weighted by Gasteiger charge is 2.20. The van der Waals surface area contributed by atoms with Gasteiger partial charge in [0.2, 0.25) is 15.9 Å². The third-order valence-electron chi connectivity index (χ3n) is 3.67. The Morgan fingerprint density at radius 2 is 1.92 bits per heavy atom. The fourth-order valence-corrected chi connectivity index (χ4v) is 3.50. The quantitative estimate of drug-likeness (QED) is 0.555. The van der Waals surface area contributed by atoms with E-state index in [9.17, 15) is 13.2 Å². The summed E-state index contributed by atoms with van der Waals surface area (Å²) in [5, 5.41) is 5.92. The number of hydrogen-bond donors (Lipinski definition) is 3. The molecule has 0 saturated carbocycles. The Balaban J connectivity index is 0.00000338. The monoisotopic (exact) mass is 407 g/mol. The number of sulfonamides is 1. The molecule has 10 heteroatoms. The van der Waals surface area contributed by atoms with E-state index in [-0.39, 0.29) is 35.8 Å². The molecule has 148 valence electrons. The van der Waals surface area contributed by atoms with Crippen LogP contribution in [0.1, 0.15) is 20.3 Å². The van der Waals surface area contributed by atoms with Crippen LogP contribution in [-0.2, 0) is 14.8 Å². The van der Waals surface area contributed by atoms with Gasteiger partial charge in [-0.15, -0.1) is 12.4 Å². The van der Waals surface area contributed by atoms with Gasteiger partial charge in [0.15, 0.2) is 11.5 Å². The highest BCUT2D eigenvalue weighted by atomic mass is 35.5. The van der Waals surface area contributed by atoms with Gasteiger partial charge in [0.25, 0.3) is 0 Å². The minimum absolute atomic E-state index is 0. The van der Waals surface area contributed by atoms with Crippen LogP contribution in [0.5, 0.6) is 11.5 Å². The molecule has 0 radical (unpaired) electrons. The lowest BCUT2D eigenvalue weighted by molar-refractivity contribution is -0.120. The van der Waals surface area contributed by atoms with E-state index in [1.807, 2.05) is 6.92 Å². The van der Waals surface area contributed by atoms with Gasteiger partial charge in [-0.1, -0.05) is 0 Å². The van der Waals surface area contributed by atoms with Gasteiger partial charge >= 0.3 is 0 Å². The van der Waals surface area contributed by atoms with Crippen LogP contribution in [0.3, 0.4) is 0 Å². The predicted molar refractivity (Wildman–Crippen MR) is 101 cm³/mol. The number of halogens is 1. The average Bonchev–Trinajstić information content (AvgIpc) is 3.08. The number of carbonyl (C=O) groups is 1.